The van der Waals surface area contributed by atoms with Crippen molar-refractivity contribution in [1.82, 2.24) is 20.0 Å². The molecule has 0 bridgehead atoms. The lowest BCUT2D eigenvalue weighted by atomic mass is 10.2. The lowest BCUT2D eigenvalue weighted by molar-refractivity contribution is -0.140. The van der Waals surface area contributed by atoms with Gasteiger partial charge in [0.25, 0.3) is 0 Å². The SMILES string of the molecule is CCc1nn(C)cc1CNC(=O)N1CSC[C@H]1C(=O)O. The first-order chi connectivity index (χ1) is 9.52. The maximum atomic E-state index is 12.1. The average Bonchev–Trinajstić information content (AvgIpc) is 3.01. The van der Waals surface area contributed by atoms with Crippen molar-refractivity contribution >= 4 is 23.8 Å². The van der Waals surface area contributed by atoms with E-state index in [0.29, 0.717) is 18.2 Å². The fraction of sp³-hybridized carbons (Fsp3) is 0.583. The standard InChI is InChI=1S/C12H18N4O3S/c1-3-9-8(5-15(2)14-9)4-13-12(19)16-7-20-6-10(16)11(17)18/h5,10H,3-4,6-7H2,1-2H3,(H,13,19)(H,17,18)/t10-/m0/s1. The Kier molecular flexibility index (Phi) is 4.53. The molecule has 2 amide bonds. The maximum Gasteiger partial charge on any atom is 0.327 e. The molecule has 0 radical (unpaired) electrons. The molecular weight excluding hydrogens is 280 g/mol. The van der Waals surface area contributed by atoms with Gasteiger partial charge in [0, 0.05) is 31.1 Å². The van der Waals surface area contributed by atoms with Gasteiger partial charge in [-0.2, -0.15) is 5.10 Å². The van der Waals surface area contributed by atoms with Crippen LogP contribution in [0.3, 0.4) is 0 Å². The highest BCUT2D eigenvalue weighted by Crippen LogP contribution is 2.21. The normalized spacial score (nSPS) is 18.3. The number of thioether (sulfide) groups is 1. The van der Waals surface area contributed by atoms with Crippen LogP contribution < -0.4 is 5.32 Å². The predicted octanol–water partition coefficient (Wildman–Crippen LogP) is 0.652. The summed E-state index contributed by atoms with van der Waals surface area (Å²) in [6, 6.07) is -1.08. The molecule has 1 aliphatic rings. The predicted molar refractivity (Wildman–Crippen MR) is 75.4 cm³/mol. The number of amides is 2. The number of aryl methyl sites for hydroxylation is 2. The second-order valence-corrected chi connectivity index (χ2v) is 5.61. The van der Waals surface area contributed by atoms with Crippen LogP contribution >= 0.6 is 11.8 Å². The van der Waals surface area contributed by atoms with Crippen molar-refractivity contribution in [2.75, 3.05) is 11.6 Å². The van der Waals surface area contributed by atoms with Gasteiger partial charge in [-0.3, -0.25) is 4.68 Å². The third-order valence-corrected chi connectivity index (χ3v) is 4.20. The molecule has 7 nitrogen and oxygen atoms in total. The second kappa shape index (κ2) is 6.17. The van der Waals surface area contributed by atoms with Gasteiger partial charge in [0.15, 0.2) is 0 Å². The molecule has 0 aromatic carbocycles. The van der Waals surface area contributed by atoms with Gasteiger partial charge in [0.05, 0.1) is 11.6 Å². The number of carbonyl (C=O) groups excluding carboxylic acids is 1. The zero-order chi connectivity index (χ0) is 14.7. The maximum absolute atomic E-state index is 12.1. The van der Waals surface area contributed by atoms with Crippen molar-refractivity contribution < 1.29 is 14.7 Å². The zero-order valence-electron chi connectivity index (χ0n) is 11.5. The lowest BCUT2D eigenvalue weighted by Crippen LogP contribution is -2.46. The Morgan fingerprint density at radius 1 is 1.60 bits per heavy atom. The summed E-state index contributed by atoms with van der Waals surface area (Å²) in [5.41, 5.74) is 1.90. The summed E-state index contributed by atoms with van der Waals surface area (Å²) in [6.07, 6.45) is 2.66. The summed E-state index contributed by atoms with van der Waals surface area (Å²) >= 11 is 1.45. The molecule has 0 spiro atoms. The van der Waals surface area contributed by atoms with E-state index < -0.39 is 12.0 Å². The molecule has 0 saturated carbocycles. The van der Waals surface area contributed by atoms with Crippen molar-refractivity contribution in [1.29, 1.82) is 0 Å². The Bertz CT molecular complexity index is 517. The van der Waals surface area contributed by atoms with Crippen LogP contribution in [0.1, 0.15) is 18.2 Å². The minimum atomic E-state index is -0.958. The van der Waals surface area contributed by atoms with Gasteiger partial charge in [-0.05, 0) is 6.42 Å². The molecule has 2 rings (SSSR count). The van der Waals surface area contributed by atoms with Crippen LogP contribution in [0.5, 0.6) is 0 Å². The Hall–Kier alpha value is -1.70. The van der Waals surface area contributed by atoms with Crippen LogP contribution in [0, 0.1) is 0 Å². The minimum Gasteiger partial charge on any atom is -0.480 e. The molecule has 1 aromatic heterocycles. The first kappa shape index (κ1) is 14.7. The molecular formula is C12H18N4O3S. The molecule has 8 heteroatoms. The average molecular weight is 298 g/mol. The van der Waals surface area contributed by atoms with E-state index in [0.717, 1.165) is 17.7 Å². The smallest absolute Gasteiger partial charge is 0.327 e. The Labute approximate surface area is 121 Å². The van der Waals surface area contributed by atoms with Gasteiger partial charge in [-0.15, -0.1) is 11.8 Å². The quantitative estimate of drug-likeness (QED) is 0.852. The number of carbonyl (C=O) groups is 2. The zero-order valence-corrected chi connectivity index (χ0v) is 12.3. The number of aromatic nitrogens is 2. The number of hydrogen-bond donors (Lipinski definition) is 2. The highest BCUT2D eigenvalue weighted by Gasteiger charge is 2.34. The van der Waals surface area contributed by atoms with E-state index in [1.165, 1.54) is 16.7 Å². The van der Waals surface area contributed by atoms with Crippen LogP contribution in [0.2, 0.25) is 0 Å². The third kappa shape index (κ3) is 3.06. The van der Waals surface area contributed by atoms with E-state index >= 15 is 0 Å². The molecule has 1 atom stereocenters. The number of nitrogens with zero attached hydrogens (tertiary/aromatic N) is 3. The first-order valence-electron chi connectivity index (χ1n) is 6.39. The number of aliphatic carboxylic acids is 1. The fourth-order valence-electron chi connectivity index (χ4n) is 2.15. The van der Waals surface area contributed by atoms with E-state index in [1.54, 1.807) is 4.68 Å². The van der Waals surface area contributed by atoms with Crippen LogP contribution in [0.15, 0.2) is 6.20 Å². The topological polar surface area (TPSA) is 87.5 Å². The van der Waals surface area contributed by atoms with Crippen molar-refractivity contribution in [3.05, 3.63) is 17.5 Å². The lowest BCUT2D eigenvalue weighted by Gasteiger charge is -2.20. The molecule has 1 saturated heterocycles. The summed E-state index contributed by atoms with van der Waals surface area (Å²) < 4.78 is 1.71. The van der Waals surface area contributed by atoms with Crippen molar-refractivity contribution in [2.45, 2.75) is 25.9 Å². The number of rotatable bonds is 4. The Balaban J connectivity index is 1.96. The number of carboxylic acid groups (broad SMARTS) is 1. The minimum absolute atomic E-state index is 0.340. The van der Waals surface area contributed by atoms with Gasteiger partial charge in [0.2, 0.25) is 0 Å². The van der Waals surface area contributed by atoms with Gasteiger partial charge in [-0.1, -0.05) is 6.92 Å². The fourth-order valence-corrected chi connectivity index (χ4v) is 3.29. The first-order valence-corrected chi connectivity index (χ1v) is 7.54. The van der Waals surface area contributed by atoms with E-state index in [1.807, 2.05) is 20.2 Å². The van der Waals surface area contributed by atoms with Crippen LogP contribution in [-0.2, 0) is 24.8 Å². The van der Waals surface area contributed by atoms with E-state index in [9.17, 15) is 9.59 Å². The Morgan fingerprint density at radius 2 is 2.35 bits per heavy atom. The van der Waals surface area contributed by atoms with Gasteiger partial charge in [0.1, 0.15) is 6.04 Å². The highest BCUT2D eigenvalue weighted by molar-refractivity contribution is 7.99. The monoisotopic (exact) mass is 298 g/mol. The second-order valence-electron chi connectivity index (χ2n) is 4.61. The summed E-state index contributed by atoms with van der Waals surface area (Å²) in [6.45, 7) is 2.37. The van der Waals surface area contributed by atoms with Crippen LogP contribution in [0.4, 0.5) is 4.79 Å². The summed E-state index contributed by atoms with van der Waals surface area (Å²) in [7, 11) is 1.84. The molecule has 110 valence electrons. The number of carboxylic acids is 1. The third-order valence-electron chi connectivity index (χ3n) is 3.18. The van der Waals surface area contributed by atoms with Gasteiger partial charge in [-0.25, -0.2) is 9.59 Å². The number of hydrogen-bond acceptors (Lipinski definition) is 4. The molecule has 0 unspecified atom stereocenters. The number of urea groups is 1. The molecule has 0 aliphatic carbocycles. The molecule has 2 heterocycles. The van der Waals surface area contributed by atoms with E-state index in [4.69, 9.17) is 5.11 Å². The van der Waals surface area contributed by atoms with Crippen molar-refractivity contribution in [3.63, 3.8) is 0 Å². The van der Waals surface area contributed by atoms with Crippen LogP contribution in [0.25, 0.3) is 0 Å². The van der Waals surface area contributed by atoms with E-state index in [-0.39, 0.29) is 6.03 Å². The summed E-state index contributed by atoms with van der Waals surface area (Å²) in [5.74, 6) is -0.104. The molecule has 20 heavy (non-hydrogen) atoms. The van der Waals surface area contributed by atoms with Crippen molar-refractivity contribution in [2.24, 2.45) is 7.05 Å². The molecule has 1 aromatic rings. The largest absolute Gasteiger partial charge is 0.480 e. The summed E-state index contributed by atoms with van der Waals surface area (Å²) in [5, 5.41) is 16.1. The highest BCUT2D eigenvalue weighted by atomic mass is 32.2. The Morgan fingerprint density at radius 3 is 3.00 bits per heavy atom. The number of nitrogens with one attached hydrogen (secondary N) is 1. The molecule has 1 aliphatic heterocycles. The summed E-state index contributed by atoms with van der Waals surface area (Å²) in [4.78, 5) is 24.5. The molecule has 2 N–H and O–H groups in total. The van der Waals surface area contributed by atoms with Crippen molar-refractivity contribution in [3.8, 4) is 0 Å². The van der Waals surface area contributed by atoms with Gasteiger partial charge < -0.3 is 15.3 Å². The van der Waals surface area contributed by atoms with E-state index in [2.05, 4.69) is 10.4 Å². The van der Waals surface area contributed by atoms with Gasteiger partial charge >= 0.3 is 12.0 Å². The van der Waals surface area contributed by atoms with Crippen LogP contribution in [-0.4, -0.2) is 49.5 Å². The molecule has 1 fully saturated rings.